The molecule has 0 radical (unpaired) electrons. The van der Waals surface area contributed by atoms with Gasteiger partial charge in [0.05, 0.1) is 0 Å². The number of nitrogens with one attached hydrogen (secondary N) is 1. The Kier molecular flexibility index (Phi) is 3.88. The molecule has 120 valence electrons. The lowest BCUT2D eigenvalue weighted by Crippen LogP contribution is -2.32. The zero-order chi connectivity index (χ0) is 16.5. The van der Waals surface area contributed by atoms with Gasteiger partial charge in [-0.3, -0.25) is 9.89 Å². The topological polar surface area (TPSA) is 51.6 Å². The van der Waals surface area contributed by atoms with Crippen molar-refractivity contribution in [3.63, 3.8) is 0 Å². The summed E-state index contributed by atoms with van der Waals surface area (Å²) in [6.07, 6.45) is 3.23. The third-order valence-corrected chi connectivity index (χ3v) is 5.15. The third-order valence-electron chi connectivity index (χ3n) is 4.03. The second-order valence-electron chi connectivity index (χ2n) is 5.56. The molecule has 24 heavy (non-hydrogen) atoms. The number of nitrogens with zero attached hydrogens (tertiary/aromatic N) is 2. The summed E-state index contributed by atoms with van der Waals surface area (Å²) in [4.78, 5) is 10.2. The van der Waals surface area contributed by atoms with E-state index >= 15 is 0 Å². The summed E-state index contributed by atoms with van der Waals surface area (Å²) in [6, 6.07) is 18.1. The molecule has 3 aromatic rings. The number of rotatable bonds is 2. The average Bonchev–Trinajstić information content (AvgIpc) is 3.20. The maximum atomic E-state index is 10.8. The second-order valence-corrected chi connectivity index (χ2v) is 6.60. The van der Waals surface area contributed by atoms with E-state index in [4.69, 9.17) is 0 Å². The zero-order valence-corrected chi connectivity index (χ0v) is 14.0. The number of hydrogen-bond acceptors (Lipinski definition) is 3. The fraction of sp³-hybridized carbons (Fsp3) is 0.105. The van der Waals surface area contributed by atoms with Gasteiger partial charge in [0.1, 0.15) is 0 Å². The van der Waals surface area contributed by atoms with Gasteiger partial charge in [0.25, 0.3) is 0 Å². The van der Waals surface area contributed by atoms with Crippen molar-refractivity contribution in [3.8, 4) is 0 Å². The van der Waals surface area contributed by atoms with Crippen molar-refractivity contribution in [3.05, 3.63) is 71.3 Å². The lowest BCUT2D eigenvalue weighted by Gasteiger charge is -2.21. The lowest BCUT2D eigenvalue weighted by molar-refractivity contribution is 0.233. The summed E-state index contributed by atoms with van der Waals surface area (Å²) in [5, 5.41) is 12.7. The van der Waals surface area contributed by atoms with E-state index in [1.165, 1.54) is 11.8 Å². The van der Waals surface area contributed by atoms with Gasteiger partial charge in [-0.05, 0) is 47.4 Å². The molecule has 1 aliphatic rings. The predicted molar refractivity (Wildman–Crippen MR) is 102 cm³/mol. The molecule has 0 spiro atoms. The lowest BCUT2D eigenvalue weighted by atomic mass is 10.1. The van der Waals surface area contributed by atoms with Crippen LogP contribution in [0.2, 0.25) is 0 Å². The van der Waals surface area contributed by atoms with Crippen LogP contribution < -0.4 is 4.90 Å². The number of para-hydroxylation sites is 1. The van der Waals surface area contributed by atoms with E-state index in [0.29, 0.717) is 0 Å². The number of benzene rings is 2. The molecule has 0 bridgehead atoms. The Balaban J connectivity index is 1.71. The Morgan fingerprint density at radius 3 is 2.79 bits per heavy atom. The molecule has 1 atom stereocenters. The van der Waals surface area contributed by atoms with Crippen LogP contribution in [0.3, 0.4) is 0 Å². The van der Waals surface area contributed by atoms with Crippen molar-refractivity contribution < 1.29 is 5.11 Å². The first-order chi connectivity index (χ1) is 11.8. The minimum Gasteiger partial charge on any atom is -0.368 e. The van der Waals surface area contributed by atoms with E-state index in [2.05, 4.69) is 22.1 Å². The summed E-state index contributed by atoms with van der Waals surface area (Å²) in [7, 11) is 1.75. The Bertz CT molecular complexity index is 930. The summed E-state index contributed by atoms with van der Waals surface area (Å²) >= 11 is 1.50. The number of anilines is 1. The first-order valence-corrected chi connectivity index (χ1v) is 8.53. The van der Waals surface area contributed by atoms with Crippen LogP contribution in [0.5, 0.6) is 0 Å². The SMILES string of the molecule is C/N=C1\S/C(=C\c2ccc3[nH]ccc3c2)C(O)N1c1ccccc1. The number of aliphatic hydroxyl groups excluding tert-OH is 1. The molecule has 1 aliphatic heterocycles. The van der Waals surface area contributed by atoms with Gasteiger partial charge in [-0.15, -0.1) is 0 Å². The van der Waals surface area contributed by atoms with Crippen molar-refractivity contribution >= 4 is 39.6 Å². The first-order valence-electron chi connectivity index (χ1n) is 7.72. The fourth-order valence-corrected chi connectivity index (χ4v) is 3.87. The molecule has 1 saturated heterocycles. The van der Waals surface area contributed by atoms with Gasteiger partial charge >= 0.3 is 0 Å². The van der Waals surface area contributed by atoms with Crippen molar-refractivity contribution in [2.45, 2.75) is 6.23 Å². The standard InChI is InChI=1S/C19H17N3OS/c1-20-19-22(15-5-3-2-4-6-15)18(23)17(24-19)12-13-7-8-16-14(11-13)9-10-21-16/h2-12,18,21,23H,1H3/b17-12-,20-19-. The van der Waals surface area contributed by atoms with E-state index in [9.17, 15) is 5.11 Å². The molecule has 1 unspecified atom stereocenters. The summed E-state index contributed by atoms with van der Waals surface area (Å²) < 4.78 is 0. The molecule has 0 amide bonds. The van der Waals surface area contributed by atoms with Crippen LogP contribution >= 0.6 is 11.8 Å². The van der Waals surface area contributed by atoms with Crippen LogP contribution in [0.15, 0.2) is 70.7 Å². The highest BCUT2D eigenvalue weighted by Crippen LogP contribution is 2.38. The maximum absolute atomic E-state index is 10.8. The molecule has 1 aromatic heterocycles. The van der Waals surface area contributed by atoms with Crippen LogP contribution in [0, 0.1) is 0 Å². The summed E-state index contributed by atoms with van der Waals surface area (Å²) in [5.74, 6) is 0. The number of aliphatic imine (C=N–C) groups is 1. The van der Waals surface area contributed by atoms with Gasteiger partial charge in [0.15, 0.2) is 11.4 Å². The minimum absolute atomic E-state index is 0.724. The van der Waals surface area contributed by atoms with Crippen LogP contribution in [0.4, 0.5) is 5.69 Å². The Morgan fingerprint density at radius 2 is 2.00 bits per heavy atom. The number of thioether (sulfide) groups is 1. The molecule has 4 nitrogen and oxygen atoms in total. The summed E-state index contributed by atoms with van der Waals surface area (Å²) in [6.45, 7) is 0. The zero-order valence-electron chi connectivity index (χ0n) is 13.2. The van der Waals surface area contributed by atoms with Gasteiger partial charge in [0.2, 0.25) is 0 Å². The molecule has 4 rings (SSSR count). The van der Waals surface area contributed by atoms with E-state index in [-0.39, 0.29) is 0 Å². The number of aromatic amines is 1. The third kappa shape index (κ3) is 2.62. The second kappa shape index (κ2) is 6.19. The smallest absolute Gasteiger partial charge is 0.170 e. The average molecular weight is 335 g/mol. The predicted octanol–water partition coefficient (Wildman–Crippen LogP) is 4.07. The van der Waals surface area contributed by atoms with Crippen molar-refractivity contribution in [1.29, 1.82) is 0 Å². The molecular weight excluding hydrogens is 318 g/mol. The van der Waals surface area contributed by atoms with Gasteiger partial charge in [-0.25, -0.2) is 0 Å². The van der Waals surface area contributed by atoms with Crippen LogP contribution in [0.25, 0.3) is 17.0 Å². The maximum Gasteiger partial charge on any atom is 0.170 e. The van der Waals surface area contributed by atoms with Crippen LogP contribution in [-0.2, 0) is 0 Å². The fourth-order valence-electron chi connectivity index (χ4n) is 2.86. The number of aliphatic hydroxyl groups is 1. The number of H-pyrrole nitrogens is 1. The monoisotopic (exact) mass is 335 g/mol. The van der Waals surface area contributed by atoms with Crippen LogP contribution in [0.1, 0.15) is 5.56 Å². The highest BCUT2D eigenvalue weighted by atomic mass is 32.2. The number of aromatic nitrogens is 1. The van der Waals surface area contributed by atoms with Gasteiger partial charge in [0, 0.05) is 29.4 Å². The van der Waals surface area contributed by atoms with E-state index < -0.39 is 6.23 Å². The molecule has 2 aromatic carbocycles. The molecule has 0 aliphatic carbocycles. The number of amidine groups is 1. The summed E-state index contributed by atoms with van der Waals surface area (Å²) in [5.41, 5.74) is 3.11. The van der Waals surface area contributed by atoms with E-state index in [0.717, 1.165) is 32.2 Å². The first kappa shape index (κ1) is 15.1. The Labute approximate surface area is 144 Å². The van der Waals surface area contributed by atoms with Crippen molar-refractivity contribution in [1.82, 2.24) is 4.98 Å². The largest absolute Gasteiger partial charge is 0.368 e. The molecule has 2 N–H and O–H groups in total. The van der Waals surface area contributed by atoms with Gasteiger partial charge in [-0.1, -0.05) is 36.0 Å². The normalized spacial score (nSPS) is 21.2. The molecule has 2 heterocycles. The minimum atomic E-state index is -0.724. The van der Waals surface area contributed by atoms with Gasteiger partial charge < -0.3 is 10.1 Å². The quantitative estimate of drug-likeness (QED) is 0.742. The highest BCUT2D eigenvalue weighted by molar-refractivity contribution is 8.18. The Hall–Kier alpha value is -2.50. The van der Waals surface area contributed by atoms with Gasteiger partial charge in [-0.2, -0.15) is 0 Å². The molecule has 5 heteroatoms. The van der Waals surface area contributed by atoms with E-state index in [1.807, 2.05) is 59.6 Å². The van der Waals surface area contributed by atoms with Crippen LogP contribution in [-0.4, -0.2) is 28.5 Å². The Morgan fingerprint density at radius 1 is 1.17 bits per heavy atom. The number of hydrogen-bond donors (Lipinski definition) is 2. The molecule has 0 saturated carbocycles. The van der Waals surface area contributed by atoms with Crippen molar-refractivity contribution in [2.75, 3.05) is 11.9 Å². The van der Waals surface area contributed by atoms with E-state index in [1.54, 1.807) is 7.05 Å². The number of fused-ring (bicyclic) bond motifs is 1. The molecular formula is C19H17N3OS. The highest BCUT2D eigenvalue weighted by Gasteiger charge is 2.34. The molecule has 1 fully saturated rings. The van der Waals surface area contributed by atoms with Crippen molar-refractivity contribution in [2.24, 2.45) is 4.99 Å².